The Balaban J connectivity index is 1.07. The fraction of sp³-hybridized carbons (Fsp3) is 0.0652. The highest BCUT2D eigenvalue weighted by molar-refractivity contribution is 5.76. The van der Waals surface area contributed by atoms with Crippen LogP contribution in [0.25, 0.3) is 45.2 Å². The summed E-state index contributed by atoms with van der Waals surface area (Å²) < 4.78 is 6.76. The van der Waals surface area contributed by atoms with E-state index in [2.05, 4.69) is 132 Å². The summed E-state index contributed by atoms with van der Waals surface area (Å²) in [4.78, 5) is 14.5. The molecule has 3 atom stereocenters. The van der Waals surface area contributed by atoms with E-state index in [-0.39, 0.29) is 11.3 Å². The maximum atomic E-state index is 6.76. The molecule has 0 saturated carbocycles. The standard InChI is InChI=1S/C46H31N3O/c1-2-12-31(13-3-1)41-29-42(40-19-10-11-27-47-40)49-45(48-41)32-23-21-30(22-24-32)33-25-26-39-44(28-33)50-43-20-9-8-18-38(43)46(39)36-16-6-4-14-34(36)35-15-5-7-17-37(35)46/h1-29,34,36H. The second kappa shape index (κ2) is 11.4. The summed E-state index contributed by atoms with van der Waals surface area (Å²) in [5, 5.41) is 0. The summed E-state index contributed by atoms with van der Waals surface area (Å²) in [6.07, 6.45) is 11.0. The Hall–Kier alpha value is -6.39. The van der Waals surface area contributed by atoms with Crippen LogP contribution >= 0.6 is 0 Å². The van der Waals surface area contributed by atoms with Crippen molar-refractivity contribution >= 4 is 0 Å². The van der Waals surface area contributed by atoms with Gasteiger partial charge in [0.1, 0.15) is 11.5 Å². The van der Waals surface area contributed by atoms with Crippen LogP contribution in [0.5, 0.6) is 11.5 Å². The zero-order valence-electron chi connectivity index (χ0n) is 27.1. The summed E-state index contributed by atoms with van der Waals surface area (Å²) in [5.41, 5.74) is 11.5. The predicted octanol–water partition coefficient (Wildman–Crippen LogP) is 10.8. The summed E-state index contributed by atoms with van der Waals surface area (Å²) in [6, 6.07) is 50.9. The lowest BCUT2D eigenvalue weighted by Gasteiger charge is -2.43. The molecule has 0 N–H and O–H groups in total. The molecule has 1 spiro atoms. The Kier molecular flexibility index (Phi) is 6.50. The Morgan fingerprint density at radius 1 is 0.480 bits per heavy atom. The van der Waals surface area contributed by atoms with Crippen LogP contribution in [0.3, 0.4) is 0 Å². The lowest BCUT2D eigenvalue weighted by Crippen LogP contribution is -2.37. The Morgan fingerprint density at radius 2 is 1.18 bits per heavy atom. The molecule has 2 aromatic heterocycles. The number of pyridine rings is 1. The van der Waals surface area contributed by atoms with Gasteiger partial charge in [-0.25, -0.2) is 9.97 Å². The molecular weight excluding hydrogens is 611 g/mol. The van der Waals surface area contributed by atoms with Gasteiger partial charge in [0.25, 0.3) is 0 Å². The average molecular weight is 642 g/mol. The summed E-state index contributed by atoms with van der Waals surface area (Å²) in [6.45, 7) is 0. The first-order chi connectivity index (χ1) is 24.8. The number of nitrogens with zero attached hydrogens (tertiary/aromatic N) is 3. The number of para-hydroxylation sites is 1. The van der Waals surface area contributed by atoms with Gasteiger partial charge in [-0.3, -0.25) is 4.98 Å². The van der Waals surface area contributed by atoms with Crippen LogP contribution < -0.4 is 4.74 Å². The van der Waals surface area contributed by atoms with E-state index in [9.17, 15) is 0 Å². The number of hydrogen-bond acceptors (Lipinski definition) is 4. The lowest BCUT2D eigenvalue weighted by molar-refractivity contribution is 0.374. The number of fused-ring (bicyclic) bond motifs is 9. The number of allylic oxidation sites excluding steroid dienone is 4. The van der Waals surface area contributed by atoms with Crippen molar-refractivity contribution in [3.05, 3.63) is 198 Å². The number of aromatic nitrogens is 3. The van der Waals surface area contributed by atoms with E-state index < -0.39 is 0 Å². The maximum Gasteiger partial charge on any atom is 0.160 e. The van der Waals surface area contributed by atoms with E-state index >= 15 is 0 Å². The van der Waals surface area contributed by atoms with Gasteiger partial charge in [-0.05, 0) is 52.6 Å². The molecule has 1 aliphatic heterocycles. The summed E-state index contributed by atoms with van der Waals surface area (Å²) in [7, 11) is 0. The minimum Gasteiger partial charge on any atom is -0.457 e. The average Bonchev–Trinajstić information content (AvgIpc) is 3.49. The smallest absolute Gasteiger partial charge is 0.160 e. The third kappa shape index (κ3) is 4.35. The van der Waals surface area contributed by atoms with E-state index in [1.165, 1.54) is 22.3 Å². The predicted molar refractivity (Wildman–Crippen MR) is 199 cm³/mol. The van der Waals surface area contributed by atoms with Crippen molar-refractivity contribution in [3.8, 4) is 56.7 Å². The molecule has 0 bridgehead atoms. The molecule has 4 heteroatoms. The molecule has 2 aliphatic carbocycles. The van der Waals surface area contributed by atoms with Gasteiger partial charge in [0.2, 0.25) is 0 Å². The molecule has 3 heterocycles. The van der Waals surface area contributed by atoms with Crippen molar-refractivity contribution in [1.29, 1.82) is 0 Å². The number of rotatable bonds is 4. The van der Waals surface area contributed by atoms with Crippen LogP contribution in [0.4, 0.5) is 0 Å². The van der Waals surface area contributed by atoms with Gasteiger partial charge in [0.15, 0.2) is 5.82 Å². The van der Waals surface area contributed by atoms with Crippen LogP contribution in [0.15, 0.2) is 176 Å². The molecule has 0 amide bonds. The topological polar surface area (TPSA) is 47.9 Å². The van der Waals surface area contributed by atoms with Crippen LogP contribution in [0, 0.1) is 5.92 Å². The van der Waals surface area contributed by atoms with E-state index in [0.29, 0.717) is 11.7 Å². The molecule has 4 nitrogen and oxygen atoms in total. The minimum absolute atomic E-state index is 0.251. The number of benzene rings is 5. The molecule has 5 aromatic carbocycles. The minimum atomic E-state index is -0.346. The molecule has 0 fully saturated rings. The van der Waals surface area contributed by atoms with Crippen molar-refractivity contribution in [2.24, 2.45) is 5.92 Å². The molecule has 7 aromatic rings. The Labute approximate surface area is 291 Å². The SMILES string of the molecule is C1=CC2c3ccccc3C3(c4ccccc4Oc4cc(-c5ccc(-c6nc(-c7ccccc7)cc(-c7ccccn7)n6)cc5)ccc43)C2C=C1. The highest BCUT2D eigenvalue weighted by atomic mass is 16.5. The van der Waals surface area contributed by atoms with Crippen molar-refractivity contribution in [2.45, 2.75) is 11.3 Å². The van der Waals surface area contributed by atoms with Gasteiger partial charge in [-0.2, -0.15) is 0 Å². The second-order valence-electron chi connectivity index (χ2n) is 13.1. The van der Waals surface area contributed by atoms with Crippen LogP contribution in [0.1, 0.15) is 28.2 Å². The van der Waals surface area contributed by atoms with E-state index in [1.54, 1.807) is 6.20 Å². The van der Waals surface area contributed by atoms with Gasteiger partial charge in [-0.1, -0.05) is 140 Å². The number of ether oxygens (including phenoxy) is 1. The van der Waals surface area contributed by atoms with Crippen molar-refractivity contribution < 1.29 is 4.74 Å². The van der Waals surface area contributed by atoms with Crippen LogP contribution in [0.2, 0.25) is 0 Å². The molecule has 3 aliphatic rings. The van der Waals surface area contributed by atoms with Crippen molar-refractivity contribution in [3.63, 3.8) is 0 Å². The Bertz CT molecular complexity index is 2410. The monoisotopic (exact) mass is 641 g/mol. The highest BCUT2D eigenvalue weighted by Gasteiger charge is 2.56. The van der Waals surface area contributed by atoms with E-state index in [4.69, 9.17) is 14.7 Å². The molecule has 0 saturated heterocycles. The molecule has 3 unspecified atom stereocenters. The third-order valence-electron chi connectivity index (χ3n) is 10.5. The largest absolute Gasteiger partial charge is 0.457 e. The van der Waals surface area contributed by atoms with Crippen molar-refractivity contribution in [2.75, 3.05) is 0 Å². The van der Waals surface area contributed by atoms with Gasteiger partial charge in [0.05, 0.1) is 22.5 Å². The first kappa shape index (κ1) is 28.6. The summed E-state index contributed by atoms with van der Waals surface area (Å²) in [5.74, 6) is 3.05. The van der Waals surface area contributed by atoms with E-state index in [1.807, 2.05) is 42.5 Å². The molecule has 50 heavy (non-hydrogen) atoms. The van der Waals surface area contributed by atoms with Crippen LogP contribution in [-0.4, -0.2) is 15.0 Å². The Morgan fingerprint density at radius 3 is 2.04 bits per heavy atom. The molecule has 236 valence electrons. The van der Waals surface area contributed by atoms with Crippen molar-refractivity contribution in [1.82, 2.24) is 15.0 Å². The quantitative estimate of drug-likeness (QED) is 0.192. The van der Waals surface area contributed by atoms with Gasteiger partial charge in [-0.15, -0.1) is 0 Å². The molecule has 10 rings (SSSR count). The fourth-order valence-electron chi connectivity index (χ4n) is 8.34. The maximum absolute atomic E-state index is 6.76. The van der Waals surface area contributed by atoms with Crippen LogP contribution in [-0.2, 0) is 5.41 Å². The zero-order valence-corrected chi connectivity index (χ0v) is 27.1. The lowest BCUT2D eigenvalue weighted by atomic mass is 9.62. The second-order valence-corrected chi connectivity index (χ2v) is 13.1. The zero-order chi connectivity index (χ0) is 33.1. The van der Waals surface area contributed by atoms with Gasteiger partial charge in [0, 0.05) is 40.3 Å². The molecular formula is C46H31N3O. The normalized spacial score (nSPS) is 19.3. The van der Waals surface area contributed by atoms with E-state index in [0.717, 1.165) is 50.8 Å². The van der Waals surface area contributed by atoms with Gasteiger partial charge >= 0.3 is 0 Å². The highest BCUT2D eigenvalue weighted by Crippen LogP contribution is 2.64. The number of hydrogen-bond donors (Lipinski definition) is 0. The first-order valence-corrected chi connectivity index (χ1v) is 17.1. The summed E-state index contributed by atoms with van der Waals surface area (Å²) >= 11 is 0. The van der Waals surface area contributed by atoms with Gasteiger partial charge < -0.3 is 4.74 Å². The fourth-order valence-corrected chi connectivity index (χ4v) is 8.34. The molecule has 0 radical (unpaired) electrons. The first-order valence-electron chi connectivity index (χ1n) is 17.1. The third-order valence-corrected chi connectivity index (χ3v) is 10.5.